The van der Waals surface area contributed by atoms with Crippen molar-refractivity contribution in [1.82, 2.24) is 9.62 Å². The summed E-state index contributed by atoms with van der Waals surface area (Å²) in [6.45, 7) is 9.71. The first-order chi connectivity index (χ1) is 12.1. The summed E-state index contributed by atoms with van der Waals surface area (Å²) in [5.74, 6) is -0.778. The molecular weight excluding hydrogens is 356 g/mol. The normalized spacial score (nSPS) is 12.9. The van der Waals surface area contributed by atoms with Crippen LogP contribution in [0.4, 0.5) is 0 Å². The van der Waals surface area contributed by atoms with Gasteiger partial charge in [-0.05, 0) is 37.1 Å². The number of nitrogens with zero attached hydrogens (tertiary/aromatic N) is 1. The quantitative estimate of drug-likeness (QED) is 0.658. The molecule has 0 radical (unpaired) electrons. The average molecular weight is 384 g/mol. The molecule has 0 aliphatic heterocycles. The molecule has 1 N–H and O–H groups in total. The molecule has 0 spiro atoms. The van der Waals surface area contributed by atoms with Crippen LogP contribution in [0.25, 0.3) is 0 Å². The smallest absolute Gasteiger partial charge is 0.338 e. The van der Waals surface area contributed by atoms with Crippen molar-refractivity contribution in [3.05, 3.63) is 29.8 Å². The second-order valence-electron chi connectivity index (χ2n) is 6.29. The first-order valence-corrected chi connectivity index (χ1v) is 10.1. The van der Waals surface area contributed by atoms with Gasteiger partial charge in [-0.2, -0.15) is 4.31 Å². The molecule has 1 aromatic carbocycles. The summed E-state index contributed by atoms with van der Waals surface area (Å²) in [5, 5.41) is 2.74. The van der Waals surface area contributed by atoms with E-state index < -0.39 is 16.0 Å². The Bertz CT molecular complexity index is 710. The zero-order chi connectivity index (χ0) is 19.9. The second-order valence-corrected chi connectivity index (χ2v) is 8.23. The first kappa shape index (κ1) is 22.1. The van der Waals surface area contributed by atoms with Crippen LogP contribution in [-0.4, -0.2) is 50.3 Å². The van der Waals surface area contributed by atoms with E-state index in [-0.39, 0.29) is 34.9 Å². The minimum absolute atomic E-state index is 0.0224. The van der Waals surface area contributed by atoms with E-state index in [4.69, 9.17) is 4.74 Å². The molecular formula is C18H28N2O5S. The predicted octanol–water partition coefficient (Wildman–Crippen LogP) is 2.03. The Balaban J connectivity index is 2.71. The molecule has 1 rings (SSSR count). The summed E-state index contributed by atoms with van der Waals surface area (Å²) in [4.78, 5) is 23.9. The number of carbonyl (C=O) groups is 2. The molecule has 0 aromatic heterocycles. The molecule has 146 valence electrons. The number of esters is 1. The van der Waals surface area contributed by atoms with Gasteiger partial charge in [-0.15, -0.1) is 0 Å². The lowest BCUT2D eigenvalue weighted by molar-refractivity contribution is -0.125. The third-order valence-electron chi connectivity index (χ3n) is 4.16. The van der Waals surface area contributed by atoms with E-state index in [1.54, 1.807) is 13.8 Å². The van der Waals surface area contributed by atoms with Gasteiger partial charge in [-0.25, -0.2) is 13.2 Å². The van der Waals surface area contributed by atoms with Gasteiger partial charge >= 0.3 is 5.97 Å². The number of amides is 1. The fourth-order valence-electron chi connectivity index (χ4n) is 2.15. The highest BCUT2D eigenvalue weighted by Gasteiger charge is 2.22. The van der Waals surface area contributed by atoms with Crippen LogP contribution in [0.5, 0.6) is 0 Å². The molecule has 1 atom stereocenters. The lowest BCUT2D eigenvalue weighted by atomic mass is 10.1. The summed E-state index contributed by atoms with van der Waals surface area (Å²) < 4.78 is 31.1. The number of ether oxygens (including phenoxy) is 1. The van der Waals surface area contributed by atoms with E-state index in [1.807, 2.05) is 20.8 Å². The van der Waals surface area contributed by atoms with Gasteiger partial charge in [0.15, 0.2) is 6.61 Å². The van der Waals surface area contributed by atoms with Crippen molar-refractivity contribution in [2.45, 2.75) is 45.6 Å². The Kier molecular flexibility index (Phi) is 8.23. The Hall–Kier alpha value is -1.93. The Morgan fingerprint density at radius 1 is 1.08 bits per heavy atom. The molecule has 8 heteroatoms. The maximum absolute atomic E-state index is 12.4. The van der Waals surface area contributed by atoms with Crippen molar-refractivity contribution in [2.75, 3.05) is 19.7 Å². The van der Waals surface area contributed by atoms with Gasteiger partial charge in [-0.3, -0.25) is 4.79 Å². The standard InChI is InChI=1S/C18H28N2O5S/c1-6-20(7-2)26(23,24)16-10-8-15(9-11-16)18(22)25-12-17(21)19-14(5)13(3)4/h8-11,13-14H,6-7,12H2,1-5H3,(H,19,21). The molecule has 0 saturated heterocycles. The molecule has 1 aromatic rings. The average Bonchev–Trinajstić information content (AvgIpc) is 2.60. The van der Waals surface area contributed by atoms with Gasteiger partial charge < -0.3 is 10.1 Å². The summed E-state index contributed by atoms with van der Waals surface area (Å²) in [5.41, 5.74) is 0.188. The van der Waals surface area contributed by atoms with Crippen LogP contribution in [0.2, 0.25) is 0 Å². The summed E-state index contributed by atoms with van der Waals surface area (Å²) in [6.07, 6.45) is 0. The van der Waals surface area contributed by atoms with Crippen molar-refractivity contribution >= 4 is 21.9 Å². The summed E-state index contributed by atoms with van der Waals surface area (Å²) in [7, 11) is -3.57. The van der Waals surface area contributed by atoms with E-state index in [2.05, 4.69) is 5.32 Å². The minimum Gasteiger partial charge on any atom is -0.452 e. The number of benzene rings is 1. The van der Waals surface area contributed by atoms with Gasteiger partial charge in [0.05, 0.1) is 10.5 Å². The van der Waals surface area contributed by atoms with Crippen molar-refractivity contribution in [3.63, 3.8) is 0 Å². The zero-order valence-corrected chi connectivity index (χ0v) is 16.8. The summed E-state index contributed by atoms with van der Waals surface area (Å²) in [6, 6.07) is 5.47. The van der Waals surface area contributed by atoms with Crippen LogP contribution in [0, 0.1) is 5.92 Å². The van der Waals surface area contributed by atoms with Crippen LogP contribution in [-0.2, 0) is 19.6 Å². The van der Waals surface area contributed by atoms with Crippen molar-refractivity contribution in [2.24, 2.45) is 5.92 Å². The maximum Gasteiger partial charge on any atom is 0.338 e. The van der Waals surface area contributed by atoms with Gasteiger partial charge in [-0.1, -0.05) is 27.7 Å². The van der Waals surface area contributed by atoms with E-state index in [1.165, 1.54) is 28.6 Å². The highest BCUT2D eigenvalue weighted by molar-refractivity contribution is 7.89. The van der Waals surface area contributed by atoms with E-state index in [0.717, 1.165) is 0 Å². The van der Waals surface area contributed by atoms with Gasteiger partial charge in [0.25, 0.3) is 5.91 Å². The van der Waals surface area contributed by atoms with Gasteiger partial charge in [0.1, 0.15) is 0 Å². The lowest BCUT2D eigenvalue weighted by Crippen LogP contribution is -2.38. The largest absolute Gasteiger partial charge is 0.452 e. The third kappa shape index (κ3) is 5.81. The van der Waals surface area contributed by atoms with Crippen LogP contribution in [0.3, 0.4) is 0 Å². The van der Waals surface area contributed by atoms with Crippen molar-refractivity contribution in [1.29, 1.82) is 0 Å². The van der Waals surface area contributed by atoms with Crippen molar-refractivity contribution < 1.29 is 22.7 Å². The molecule has 1 amide bonds. The molecule has 0 aliphatic carbocycles. The van der Waals surface area contributed by atoms with Crippen LogP contribution in [0.15, 0.2) is 29.2 Å². The molecule has 0 heterocycles. The minimum atomic E-state index is -3.57. The highest BCUT2D eigenvalue weighted by Crippen LogP contribution is 2.16. The van der Waals surface area contributed by atoms with Gasteiger partial charge in [0, 0.05) is 19.1 Å². The maximum atomic E-state index is 12.4. The molecule has 7 nitrogen and oxygen atoms in total. The van der Waals surface area contributed by atoms with Crippen LogP contribution >= 0.6 is 0 Å². The third-order valence-corrected chi connectivity index (χ3v) is 6.22. The zero-order valence-electron chi connectivity index (χ0n) is 16.0. The Morgan fingerprint density at radius 2 is 1.62 bits per heavy atom. The van der Waals surface area contributed by atoms with Gasteiger partial charge in [0.2, 0.25) is 10.0 Å². The number of nitrogens with one attached hydrogen (secondary N) is 1. The number of hydrogen-bond acceptors (Lipinski definition) is 5. The number of carbonyl (C=O) groups excluding carboxylic acids is 2. The number of sulfonamides is 1. The van der Waals surface area contributed by atoms with Crippen LogP contribution < -0.4 is 5.32 Å². The predicted molar refractivity (Wildman–Crippen MR) is 99.3 cm³/mol. The summed E-state index contributed by atoms with van der Waals surface area (Å²) >= 11 is 0. The monoisotopic (exact) mass is 384 g/mol. The highest BCUT2D eigenvalue weighted by atomic mass is 32.2. The van der Waals surface area contributed by atoms with E-state index in [0.29, 0.717) is 13.1 Å². The molecule has 0 aliphatic rings. The first-order valence-electron chi connectivity index (χ1n) is 8.70. The lowest BCUT2D eigenvalue weighted by Gasteiger charge is -2.18. The van der Waals surface area contributed by atoms with Crippen molar-refractivity contribution in [3.8, 4) is 0 Å². The Labute approximate surface area is 155 Å². The molecule has 0 fully saturated rings. The topological polar surface area (TPSA) is 92.8 Å². The SMILES string of the molecule is CCN(CC)S(=O)(=O)c1ccc(C(=O)OCC(=O)NC(C)C(C)C)cc1. The Morgan fingerprint density at radius 3 is 2.08 bits per heavy atom. The molecule has 1 unspecified atom stereocenters. The molecule has 26 heavy (non-hydrogen) atoms. The molecule has 0 bridgehead atoms. The van der Waals surface area contributed by atoms with E-state index in [9.17, 15) is 18.0 Å². The number of hydrogen-bond donors (Lipinski definition) is 1. The number of rotatable bonds is 9. The fraction of sp³-hybridized carbons (Fsp3) is 0.556. The molecule has 0 saturated carbocycles. The van der Waals surface area contributed by atoms with E-state index >= 15 is 0 Å². The second kappa shape index (κ2) is 9.68. The fourth-order valence-corrected chi connectivity index (χ4v) is 3.61. The van der Waals surface area contributed by atoms with Crippen LogP contribution in [0.1, 0.15) is 45.0 Å².